The number of carbonyl (C=O) groups is 4. The first-order valence-corrected chi connectivity index (χ1v) is 16.8. The highest BCUT2D eigenvalue weighted by Gasteiger charge is 2.32. The molecule has 4 amide bonds. The monoisotopic (exact) mass is 673 g/mol. The largest absolute Gasteiger partial charge is 0.351 e. The molecule has 14 heteroatoms. The van der Waals surface area contributed by atoms with E-state index in [9.17, 15) is 19.2 Å². The summed E-state index contributed by atoms with van der Waals surface area (Å²) < 4.78 is 0. The van der Waals surface area contributed by atoms with Crippen LogP contribution >= 0.6 is 35.1 Å². The van der Waals surface area contributed by atoms with E-state index in [1.165, 1.54) is 22.7 Å². The van der Waals surface area contributed by atoms with Gasteiger partial charge in [-0.1, -0.05) is 44.2 Å². The van der Waals surface area contributed by atoms with Gasteiger partial charge in [-0.3, -0.25) is 19.2 Å². The molecule has 3 aromatic rings. The smallest absolute Gasteiger partial charge is 0.271 e. The van der Waals surface area contributed by atoms with Gasteiger partial charge in [-0.05, 0) is 44.1 Å². The third-order valence-corrected chi connectivity index (χ3v) is 9.74. The van der Waals surface area contributed by atoms with Crippen molar-refractivity contribution in [2.75, 3.05) is 19.6 Å². The van der Waals surface area contributed by atoms with Crippen LogP contribution in [0.3, 0.4) is 0 Å². The summed E-state index contributed by atoms with van der Waals surface area (Å²) in [6.45, 7) is 6.49. The molecule has 1 fully saturated rings. The predicted molar refractivity (Wildman–Crippen MR) is 177 cm³/mol. The highest BCUT2D eigenvalue weighted by molar-refractivity contribution is 7.10. The summed E-state index contributed by atoms with van der Waals surface area (Å²) in [5.41, 5.74) is 1.53. The zero-order valence-corrected chi connectivity index (χ0v) is 28.0. The van der Waals surface area contributed by atoms with Crippen molar-refractivity contribution >= 4 is 58.7 Å². The molecule has 4 atom stereocenters. The summed E-state index contributed by atoms with van der Waals surface area (Å²) in [7, 11) is 0. The van der Waals surface area contributed by atoms with Crippen molar-refractivity contribution in [3.8, 4) is 0 Å². The maximum absolute atomic E-state index is 13.5. The lowest BCUT2D eigenvalue weighted by atomic mass is 10.0. The molecule has 4 heterocycles. The Labute approximate surface area is 277 Å². The molecular weight excluding hydrogens is 634 g/mol. The number of fused-ring (bicyclic) bond motifs is 4. The number of nitrogens with one attached hydrogen (secondary N) is 4. The molecule has 45 heavy (non-hydrogen) atoms. The molecule has 242 valence electrons. The van der Waals surface area contributed by atoms with Gasteiger partial charge in [0.2, 0.25) is 11.8 Å². The number of amides is 4. The maximum Gasteiger partial charge on any atom is 0.271 e. The number of rotatable bonds is 4. The fraction of sp³-hybridized carbons (Fsp3) is 0.484. The molecule has 0 radical (unpaired) electrons. The highest BCUT2D eigenvalue weighted by atomic mass is 35.5. The first-order valence-electron chi connectivity index (χ1n) is 15.1. The summed E-state index contributed by atoms with van der Waals surface area (Å²) in [6, 6.07) is 8.74. The Morgan fingerprint density at radius 1 is 0.978 bits per heavy atom. The van der Waals surface area contributed by atoms with Crippen molar-refractivity contribution in [3.63, 3.8) is 0 Å². The molecule has 11 nitrogen and oxygen atoms in total. The Bertz CT molecular complexity index is 1480. The van der Waals surface area contributed by atoms with E-state index >= 15 is 0 Å². The summed E-state index contributed by atoms with van der Waals surface area (Å²) in [5.74, 6) is -1.11. The Kier molecular flexibility index (Phi) is 12.1. The van der Waals surface area contributed by atoms with Gasteiger partial charge >= 0.3 is 0 Å². The number of carbonyl (C=O) groups excluding carboxylic acids is 4. The van der Waals surface area contributed by atoms with E-state index in [2.05, 4.69) is 31.2 Å². The second kappa shape index (κ2) is 15.7. The summed E-state index contributed by atoms with van der Waals surface area (Å²) in [5, 5.41) is 16.9. The van der Waals surface area contributed by atoms with E-state index in [0.717, 1.165) is 12.0 Å². The zero-order valence-electron chi connectivity index (χ0n) is 25.6. The van der Waals surface area contributed by atoms with E-state index in [1.54, 1.807) is 15.7 Å². The molecule has 0 aliphatic carbocycles. The average molecular weight is 674 g/mol. The quantitative estimate of drug-likeness (QED) is 0.331. The van der Waals surface area contributed by atoms with Crippen LogP contribution in [0.1, 0.15) is 88.7 Å². The van der Waals surface area contributed by atoms with Crippen LogP contribution < -0.4 is 21.3 Å². The molecule has 1 saturated heterocycles. The molecular formula is C31H40ClN7O4S2. The van der Waals surface area contributed by atoms with Crippen LogP contribution in [0, 0.1) is 5.92 Å². The van der Waals surface area contributed by atoms with Crippen molar-refractivity contribution in [1.29, 1.82) is 0 Å². The number of nitrogens with zero attached hydrogens (tertiary/aromatic N) is 3. The third kappa shape index (κ3) is 8.87. The first-order chi connectivity index (χ1) is 21.2. The lowest BCUT2D eigenvalue weighted by Gasteiger charge is -2.27. The lowest BCUT2D eigenvalue weighted by Crippen LogP contribution is -2.49. The Morgan fingerprint density at radius 3 is 2.36 bits per heavy atom. The van der Waals surface area contributed by atoms with E-state index in [1.807, 2.05) is 51.1 Å². The van der Waals surface area contributed by atoms with Crippen LogP contribution in [0.15, 0.2) is 41.1 Å². The Balaban J connectivity index is 0.00000461. The standard InChI is InChI=1S/C31H39N7O4S2.ClH/c1-18(2)26-30-36-23(16-44-30)27(40)32-12-7-13-38(31(42)21-11-10-19(3)33-21)15-25(39)34-22(14-20-8-5-4-6-9-20)29-35-24(17-43-29)28(41)37-26;/h4-6,8-9,16-19,21-22,26,33H,7,10-15H2,1-3H3,(H,32,40)(H,34,39)(H,37,41);1H/t19-,21-,22?,26-;/m0./s1. The molecule has 1 aromatic carbocycles. The van der Waals surface area contributed by atoms with Gasteiger partial charge in [0, 0.05) is 29.9 Å². The lowest BCUT2D eigenvalue weighted by molar-refractivity contribution is -0.137. The minimum Gasteiger partial charge on any atom is -0.351 e. The van der Waals surface area contributed by atoms with Gasteiger partial charge in [0.15, 0.2) is 0 Å². The minimum absolute atomic E-state index is 0. The van der Waals surface area contributed by atoms with E-state index < -0.39 is 12.1 Å². The predicted octanol–water partition coefficient (Wildman–Crippen LogP) is 3.65. The normalized spacial score (nSPS) is 23.2. The van der Waals surface area contributed by atoms with Crippen LogP contribution in [0.25, 0.3) is 0 Å². The molecule has 0 saturated carbocycles. The molecule has 0 spiro atoms. The number of halogens is 1. The average Bonchev–Trinajstić information content (AvgIpc) is 3.78. The number of hydrogen-bond acceptors (Lipinski definition) is 9. The van der Waals surface area contributed by atoms with Crippen molar-refractivity contribution in [2.24, 2.45) is 5.92 Å². The second-order valence-corrected chi connectivity index (χ2v) is 13.5. The molecule has 2 aliphatic heterocycles. The fourth-order valence-corrected chi connectivity index (χ4v) is 7.32. The van der Waals surface area contributed by atoms with Crippen LogP contribution in [0.4, 0.5) is 0 Å². The SMILES string of the molecule is CC(C)[C@@H]1NC(=O)c2csc(n2)C(Cc2ccccc2)NC(=O)CN(C(=O)[C@@H]2CC[C@H](C)N2)CCCNC(=O)c2csc1n2.Cl. The highest BCUT2D eigenvalue weighted by Crippen LogP contribution is 2.27. The topological polar surface area (TPSA) is 145 Å². The first kappa shape index (κ1) is 34.5. The van der Waals surface area contributed by atoms with E-state index in [0.29, 0.717) is 42.4 Å². The Hall–Kier alpha value is -3.39. The molecule has 1 unspecified atom stereocenters. The molecule has 4 bridgehead atoms. The van der Waals surface area contributed by atoms with Crippen LogP contribution in [-0.4, -0.2) is 70.2 Å². The van der Waals surface area contributed by atoms with Crippen LogP contribution in [-0.2, 0) is 16.0 Å². The van der Waals surface area contributed by atoms with Gasteiger partial charge in [-0.15, -0.1) is 35.1 Å². The van der Waals surface area contributed by atoms with Crippen molar-refractivity contribution < 1.29 is 19.2 Å². The molecule has 4 N–H and O–H groups in total. The number of aromatic nitrogens is 2. The Morgan fingerprint density at radius 2 is 1.67 bits per heavy atom. The fourth-order valence-electron chi connectivity index (χ4n) is 5.45. The van der Waals surface area contributed by atoms with Crippen molar-refractivity contribution in [1.82, 2.24) is 36.1 Å². The number of thiazole rings is 2. The summed E-state index contributed by atoms with van der Waals surface area (Å²) in [6.07, 6.45) is 2.54. The maximum atomic E-state index is 13.5. The van der Waals surface area contributed by atoms with Gasteiger partial charge in [0.25, 0.3) is 11.8 Å². The van der Waals surface area contributed by atoms with E-state index in [4.69, 9.17) is 0 Å². The molecule has 2 aliphatic rings. The minimum atomic E-state index is -0.498. The van der Waals surface area contributed by atoms with Crippen LogP contribution in [0.2, 0.25) is 0 Å². The summed E-state index contributed by atoms with van der Waals surface area (Å²) in [4.78, 5) is 64.1. The summed E-state index contributed by atoms with van der Waals surface area (Å²) >= 11 is 2.63. The van der Waals surface area contributed by atoms with Crippen molar-refractivity contribution in [2.45, 2.75) is 70.6 Å². The van der Waals surface area contributed by atoms with Gasteiger partial charge < -0.3 is 26.2 Å². The number of hydrogen-bond donors (Lipinski definition) is 4. The molecule has 5 rings (SSSR count). The van der Waals surface area contributed by atoms with Gasteiger partial charge in [-0.2, -0.15) is 0 Å². The van der Waals surface area contributed by atoms with Gasteiger partial charge in [0.1, 0.15) is 21.4 Å². The van der Waals surface area contributed by atoms with Gasteiger partial charge in [-0.25, -0.2) is 9.97 Å². The second-order valence-electron chi connectivity index (χ2n) is 11.7. The van der Waals surface area contributed by atoms with Crippen LogP contribution in [0.5, 0.6) is 0 Å². The van der Waals surface area contributed by atoms with Crippen molar-refractivity contribution in [3.05, 3.63) is 68.1 Å². The third-order valence-electron chi connectivity index (χ3n) is 7.85. The molecule has 2 aromatic heterocycles. The number of benzene rings is 1. The zero-order chi connectivity index (χ0) is 31.2. The van der Waals surface area contributed by atoms with E-state index in [-0.39, 0.29) is 72.0 Å². The van der Waals surface area contributed by atoms with Gasteiger partial charge in [0.05, 0.1) is 24.7 Å².